The van der Waals surface area contributed by atoms with E-state index in [0.29, 0.717) is 16.4 Å². The molecular formula is C29H29N3O3S. The van der Waals surface area contributed by atoms with Crippen molar-refractivity contribution in [1.82, 2.24) is 9.80 Å². The van der Waals surface area contributed by atoms with Crippen molar-refractivity contribution < 1.29 is 14.3 Å². The van der Waals surface area contributed by atoms with Gasteiger partial charge in [-0.2, -0.15) is 4.99 Å². The van der Waals surface area contributed by atoms with Crippen LogP contribution in [-0.4, -0.2) is 61.3 Å². The first kappa shape index (κ1) is 24.2. The van der Waals surface area contributed by atoms with Gasteiger partial charge in [0.05, 0.1) is 25.2 Å². The second-order valence-electron chi connectivity index (χ2n) is 8.66. The molecule has 0 aliphatic carbocycles. The number of carbonyl (C=O) groups is 1. The molecule has 1 fully saturated rings. The van der Waals surface area contributed by atoms with Gasteiger partial charge in [0.1, 0.15) is 11.5 Å². The smallest absolute Gasteiger partial charge is 0.286 e. The number of amidine groups is 1. The van der Waals surface area contributed by atoms with Crippen LogP contribution in [0.15, 0.2) is 88.8 Å². The molecule has 3 aromatic rings. The second-order valence-corrected chi connectivity index (χ2v) is 9.67. The maximum Gasteiger partial charge on any atom is 0.286 e. The number of carbonyl (C=O) groups excluding carboxylic acids is 1. The zero-order valence-corrected chi connectivity index (χ0v) is 21.3. The van der Waals surface area contributed by atoms with Crippen LogP contribution in [0.4, 0.5) is 0 Å². The van der Waals surface area contributed by atoms with Crippen molar-refractivity contribution in [2.45, 2.75) is 6.04 Å². The molecule has 0 radical (unpaired) electrons. The largest absolute Gasteiger partial charge is 0.497 e. The number of rotatable bonds is 6. The molecule has 0 N–H and O–H groups in total. The van der Waals surface area contributed by atoms with Crippen LogP contribution in [0.1, 0.15) is 22.7 Å². The molecule has 184 valence electrons. The fourth-order valence-corrected chi connectivity index (χ4v) is 5.62. The van der Waals surface area contributed by atoms with Crippen molar-refractivity contribution in [3.8, 4) is 11.5 Å². The van der Waals surface area contributed by atoms with Crippen LogP contribution >= 0.6 is 11.8 Å². The monoisotopic (exact) mass is 499 g/mol. The highest BCUT2D eigenvalue weighted by Crippen LogP contribution is 2.35. The van der Waals surface area contributed by atoms with Gasteiger partial charge in [-0.3, -0.25) is 9.69 Å². The van der Waals surface area contributed by atoms with Crippen LogP contribution in [-0.2, 0) is 4.79 Å². The number of aliphatic imine (C=N–C) groups is 1. The molecule has 0 atom stereocenters. The predicted octanol–water partition coefficient (Wildman–Crippen LogP) is 5.08. The molecule has 0 bridgehead atoms. The van der Waals surface area contributed by atoms with E-state index >= 15 is 0 Å². The third kappa shape index (κ3) is 5.17. The van der Waals surface area contributed by atoms with Crippen molar-refractivity contribution in [2.24, 2.45) is 4.99 Å². The molecule has 0 saturated carbocycles. The Labute approximate surface area is 216 Å². The maximum absolute atomic E-state index is 12.7. The number of hydrogen-bond donors (Lipinski definition) is 0. The SMILES string of the molecule is COc1ccc(/C=C2\SC(N3CCN(C(c4ccccc4)c4ccccc4)CC3)=NC2=O)c(OC)c1. The van der Waals surface area contributed by atoms with Crippen LogP contribution in [0.25, 0.3) is 6.08 Å². The minimum atomic E-state index is -0.207. The van der Waals surface area contributed by atoms with Crippen LogP contribution in [0.3, 0.4) is 0 Å². The zero-order chi connectivity index (χ0) is 24.9. The summed E-state index contributed by atoms with van der Waals surface area (Å²) in [6.07, 6.45) is 1.85. The molecule has 3 aromatic carbocycles. The summed E-state index contributed by atoms with van der Waals surface area (Å²) in [4.78, 5) is 22.4. The number of nitrogens with zero attached hydrogens (tertiary/aromatic N) is 3. The van der Waals surface area contributed by atoms with Gasteiger partial charge in [0.25, 0.3) is 5.91 Å². The van der Waals surface area contributed by atoms with E-state index in [-0.39, 0.29) is 11.9 Å². The van der Waals surface area contributed by atoms with E-state index in [4.69, 9.17) is 9.47 Å². The molecule has 5 rings (SSSR count). The van der Waals surface area contributed by atoms with E-state index in [1.165, 1.54) is 22.9 Å². The number of benzene rings is 3. The van der Waals surface area contributed by atoms with Gasteiger partial charge in [0, 0.05) is 37.8 Å². The zero-order valence-electron chi connectivity index (χ0n) is 20.5. The van der Waals surface area contributed by atoms with Crippen LogP contribution in [0.5, 0.6) is 11.5 Å². The first-order valence-electron chi connectivity index (χ1n) is 12.0. The first-order chi connectivity index (χ1) is 17.7. The van der Waals surface area contributed by atoms with Gasteiger partial charge in [0.15, 0.2) is 5.17 Å². The topological polar surface area (TPSA) is 54.4 Å². The summed E-state index contributed by atoms with van der Waals surface area (Å²) in [5.74, 6) is 1.16. The van der Waals surface area contributed by atoms with E-state index in [0.717, 1.165) is 36.9 Å². The van der Waals surface area contributed by atoms with Gasteiger partial charge in [-0.25, -0.2) is 0 Å². The predicted molar refractivity (Wildman–Crippen MR) is 145 cm³/mol. The Kier molecular flexibility index (Phi) is 7.39. The van der Waals surface area contributed by atoms with Crippen LogP contribution in [0, 0.1) is 0 Å². The molecule has 36 heavy (non-hydrogen) atoms. The highest BCUT2D eigenvalue weighted by Gasteiger charge is 2.31. The van der Waals surface area contributed by atoms with Crippen LogP contribution < -0.4 is 9.47 Å². The summed E-state index contributed by atoms with van der Waals surface area (Å²) in [5.41, 5.74) is 3.40. The molecule has 2 heterocycles. The number of methoxy groups -OCH3 is 2. The van der Waals surface area contributed by atoms with Gasteiger partial charge in [-0.05, 0) is 41.1 Å². The second kappa shape index (κ2) is 11.0. The van der Waals surface area contributed by atoms with Crippen molar-refractivity contribution in [3.05, 3.63) is 100 Å². The average molecular weight is 500 g/mol. The Morgan fingerprint density at radius 1 is 0.861 bits per heavy atom. The molecule has 1 amide bonds. The van der Waals surface area contributed by atoms with Gasteiger partial charge in [-0.1, -0.05) is 60.7 Å². The first-order valence-corrected chi connectivity index (χ1v) is 12.8. The third-order valence-electron chi connectivity index (χ3n) is 6.52. The summed E-state index contributed by atoms with van der Waals surface area (Å²) in [6.45, 7) is 3.39. The quantitative estimate of drug-likeness (QED) is 0.441. The summed E-state index contributed by atoms with van der Waals surface area (Å²) in [5, 5.41) is 0.773. The van der Waals surface area contributed by atoms with E-state index in [2.05, 4.69) is 75.5 Å². The molecule has 6 nitrogen and oxygen atoms in total. The van der Waals surface area contributed by atoms with Gasteiger partial charge in [0.2, 0.25) is 0 Å². The minimum absolute atomic E-state index is 0.201. The maximum atomic E-state index is 12.7. The minimum Gasteiger partial charge on any atom is -0.497 e. The van der Waals surface area contributed by atoms with Crippen molar-refractivity contribution in [3.63, 3.8) is 0 Å². The van der Waals surface area contributed by atoms with E-state index < -0.39 is 0 Å². The van der Waals surface area contributed by atoms with E-state index in [1.54, 1.807) is 14.2 Å². The van der Waals surface area contributed by atoms with Gasteiger partial charge in [-0.15, -0.1) is 0 Å². The standard InChI is InChI=1S/C29H29N3O3S/c1-34-24-14-13-23(25(20-24)35-2)19-26-28(33)30-29(36-26)32-17-15-31(16-18-32)27(21-9-5-3-6-10-21)22-11-7-4-8-12-22/h3-14,19-20,27H,15-18H2,1-2H3/b26-19-. The number of amides is 1. The molecular weight excluding hydrogens is 470 g/mol. The van der Waals surface area contributed by atoms with Gasteiger partial charge >= 0.3 is 0 Å². The highest BCUT2D eigenvalue weighted by atomic mass is 32.2. The average Bonchev–Trinajstić information content (AvgIpc) is 3.30. The number of ether oxygens (including phenoxy) is 2. The van der Waals surface area contributed by atoms with E-state index in [9.17, 15) is 4.79 Å². The molecule has 0 spiro atoms. The normalized spacial score (nSPS) is 17.5. The Balaban J connectivity index is 1.28. The Morgan fingerprint density at radius 3 is 2.08 bits per heavy atom. The lowest BCUT2D eigenvalue weighted by molar-refractivity contribution is -0.113. The number of hydrogen-bond acceptors (Lipinski definition) is 6. The lowest BCUT2D eigenvalue weighted by Crippen LogP contribution is -2.49. The highest BCUT2D eigenvalue weighted by molar-refractivity contribution is 8.18. The molecule has 0 unspecified atom stereocenters. The van der Waals surface area contributed by atoms with E-state index in [1.807, 2.05) is 24.3 Å². The fraction of sp³-hybridized carbons (Fsp3) is 0.241. The Hall–Kier alpha value is -3.55. The molecule has 2 aliphatic heterocycles. The van der Waals surface area contributed by atoms with Crippen molar-refractivity contribution in [1.29, 1.82) is 0 Å². The van der Waals surface area contributed by atoms with Crippen LogP contribution in [0.2, 0.25) is 0 Å². The summed E-state index contributed by atoms with van der Waals surface area (Å²) in [6, 6.07) is 27.1. The molecule has 2 aliphatic rings. The Bertz CT molecular complexity index is 1230. The molecule has 1 saturated heterocycles. The fourth-order valence-electron chi connectivity index (χ4n) is 4.67. The number of thioether (sulfide) groups is 1. The Morgan fingerprint density at radius 2 is 1.50 bits per heavy atom. The summed E-state index contributed by atoms with van der Waals surface area (Å²) < 4.78 is 10.8. The van der Waals surface area contributed by atoms with Crippen molar-refractivity contribution in [2.75, 3.05) is 40.4 Å². The lowest BCUT2D eigenvalue weighted by atomic mass is 9.96. The third-order valence-corrected chi connectivity index (χ3v) is 7.56. The summed E-state index contributed by atoms with van der Waals surface area (Å²) in [7, 11) is 3.23. The van der Waals surface area contributed by atoms with Gasteiger partial charge < -0.3 is 14.4 Å². The molecule has 7 heteroatoms. The summed E-state index contributed by atoms with van der Waals surface area (Å²) >= 11 is 1.43. The number of piperazine rings is 1. The van der Waals surface area contributed by atoms with Crippen molar-refractivity contribution >= 4 is 28.9 Å². The lowest BCUT2D eigenvalue weighted by Gasteiger charge is -2.40. The molecule has 0 aromatic heterocycles.